The second-order valence-corrected chi connectivity index (χ2v) is 6.56. The SMILES string of the molecule is CC(=O)Nc1ccc(CN(C)C2CC3CCC(C2)N3)cc1. The summed E-state index contributed by atoms with van der Waals surface area (Å²) in [4.78, 5) is 13.5. The normalized spacial score (nSPS) is 27.9. The molecule has 114 valence electrons. The smallest absolute Gasteiger partial charge is 0.221 e. The van der Waals surface area contributed by atoms with Crippen molar-refractivity contribution in [3.63, 3.8) is 0 Å². The van der Waals surface area contributed by atoms with Crippen LogP contribution in [0.5, 0.6) is 0 Å². The van der Waals surface area contributed by atoms with Crippen LogP contribution in [0.1, 0.15) is 38.2 Å². The minimum atomic E-state index is -0.0231. The van der Waals surface area contributed by atoms with Gasteiger partial charge in [0.25, 0.3) is 0 Å². The molecule has 2 atom stereocenters. The third kappa shape index (κ3) is 3.63. The van der Waals surface area contributed by atoms with Gasteiger partial charge in [-0.05, 0) is 50.4 Å². The monoisotopic (exact) mass is 287 g/mol. The number of benzene rings is 1. The van der Waals surface area contributed by atoms with Crippen molar-refractivity contribution < 1.29 is 4.79 Å². The first-order valence-electron chi connectivity index (χ1n) is 7.93. The molecule has 0 radical (unpaired) electrons. The van der Waals surface area contributed by atoms with E-state index in [4.69, 9.17) is 0 Å². The highest BCUT2D eigenvalue weighted by atomic mass is 16.1. The molecule has 2 N–H and O–H groups in total. The van der Waals surface area contributed by atoms with Crippen molar-refractivity contribution in [2.75, 3.05) is 12.4 Å². The van der Waals surface area contributed by atoms with Gasteiger partial charge < -0.3 is 10.6 Å². The van der Waals surface area contributed by atoms with Gasteiger partial charge in [0.1, 0.15) is 0 Å². The molecule has 2 unspecified atom stereocenters. The maximum absolute atomic E-state index is 11.0. The van der Waals surface area contributed by atoms with Crippen LogP contribution in [0.3, 0.4) is 0 Å². The van der Waals surface area contributed by atoms with Crippen molar-refractivity contribution in [2.24, 2.45) is 0 Å². The maximum atomic E-state index is 11.0. The van der Waals surface area contributed by atoms with Crippen molar-refractivity contribution in [2.45, 2.75) is 57.3 Å². The third-order valence-electron chi connectivity index (χ3n) is 4.78. The molecule has 2 bridgehead atoms. The highest BCUT2D eigenvalue weighted by Crippen LogP contribution is 2.29. The summed E-state index contributed by atoms with van der Waals surface area (Å²) >= 11 is 0. The lowest BCUT2D eigenvalue weighted by atomic mass is 9.98. The first-order valence-corrected chi connectivity index (χ1v) is 7.93. The van der Waals surface area contributed by atoms with E-state index in [2.05, 4.69) is 34.7 Å². The van der Waals surface area contributed by atoms with Gasteiger partial charge in [-0.25, -0.2) is 0 Å². The first kappa shape index (κ1) is 14.5. The van der Waals surface area contributed by atoms with Crippen LogP contribution in [-0.4, -0.2) is 36.0 Å². The number of anilines is 1. The Morgan fingerprint density at radius 3 is 2.43 bits per heavy atom. The maximum Gasteiger partial charge on any atom is 0.221 e. The van der Waals surface area contributed by atoms with Gasteiger partial charge in [-0.15, -0.1) is 0 Å². The number of amides is 1. The lowest BCUT2D eigenvalue weighted by Gasteiger charge is -2.35. The molecule has 2 aliphatic heterocycles. The zero-order valence-electron chi connectivity index (χ0n) is 12.9. The van der Waals surface area contributed by atoms with Crippen molar-refractivity contribution in [1.29, 1.82) is 0 Å². The molecule has 3 rings (SSSR count). The van der Waals surface area contributed by atoms with Crippen LogP contribution in [0.4, 0.5) is 5.69 Å². The zero-order valence-corrected chi connectivity index (χ0v) is 12.9. The van der Waals surface area contributed by atoms with E-state index in [0.717, 1.165) is 24.3 Å². The number of carbonyl (C=O) groups excluding carboxylic acids is 1. The molecule has 4 heteroatoms. The fourth-order valence-corrected chi connectivity index (χ4v) is 3.70. The lowest BCUT2D eigenvalue weighted by Crippen LogP contribution is -2.46. The quantitative estimate of drug-likeness (QED) is 0.893. The van der Waals surface area contributed by atoms with Crippen LogP contribution in [0.25, 0.3) is 0 Å². The Bertz CT molecular complexity index is 487. The van der Waals surface area contributed by atoms with Crippen molar-refractivity contribution in [3.05, 3.63) is 29.8 Å². The second kappa shape index (κ2) is 6.16. The molecule has 2 aliphatic rings. The number of carbonyl (C=O) groups is 1. The van der Waals surface area contributed by atoms with Gasteiger partial charge >= 0.3 is 0 Å². The van der Waals surface area contributed by atoms with E-state index in [0.29, 0.717) is 6.04 Å². The summed E-state index contributed by atoms with van der Waals surface area (Å²) in [5, 5.41) is 6.51. The van der Waals surface area contributed by atoms with Crippen LogP contribution in [-0.2, 0) is 11.3 Å². The van der Waals surface area contributed by atoms with Gasteiger partial charge in [0.05, 0.1) is 0 Å². The summed E-state index contributed by atoms with van der Waals surface area (Å²) in [6.07, 6.45) is 5.24. The molecule has 2 saturated heterocycles. The highest BCUT2D eigenvalue weighted by Gasteiger charge is 2.34. The van der Waals surface area contributed by atoms with Crippen molar-refractivity contribution >= 4 is 11.6 Å². The van der Waals surface area contributed by atoms with E-state index in [1.54, 1.807) is 0 Å². The number of hydrogen-bond acceptors (Lipinski definition) is 3. The number of rotatable bonds is 4. The third-order valence-corrected chi connectivity index (χ3v) is 4.78. The summed E-state index contributed by atoms with van der Waals surface area (Å²) in [6.45, 7) is 2.51. The van der Waals surface area contributed by atoms with Gasteiger partial charge in [0.2, 0.25) is 5.91 Å². The Labute approximate surface area is 126 Å². The predicted octanol–water partition coefficient (Wildman–Crippen LogP) is 2.36. The fourth-order valence-electron chi connectivity index (χ4n) is 3.70. The summed E-state index contributed by atoms with van der Waals surface area (Å²) in [6, 6.07) is 10.3. The largest absolute Gasteiger partial charge is 0.326 e. The lowest BCUT2D eigenvalue weighted by molar-refractivity contribution is -0.114. The van der Waals surface area contributed by atoms with Crippen molar-refractivity contribution in [3.8, 4) is 0 Å². The fraction of sp³-hybridized carbons (Fsp3) is 0.588. The number of nitrogens with one attached hydrogen (secondary N) is 2. The van der Waals surface area contributed by atoms with E-state index in [1.165, 1.54) is 38.2 Å². The van der Waals surface area contributed by atoms with E-state index < -0.39 is 0 Å². The van der Waals surface area contributed by atoms with E-state index >= 15 is 0 Å². The van der Waals surface area contributed by atoms with Gasteiger partial charge in [0, 0.05) is 37.3 Å². The summed E-state index contributed by atoms with van der Waals surface area (Å²) in [7, 11) is 2.23. The molecule has 0 saturated carbocycles. The van der Waals surface area contributed by atoms with E-state index in [1.807, 2.05) is 12.1 Å². The zero-order chi connectivity index (χ0) is 14.8. The molecule has 2 heterocycles. The Morgan fingerprint density at radius 1 is 1.24 bits per heavy atom. The average molecular weight is 287 g/mol. The van der Waals surface area contributed by atoms with Crippen LogP contribution in [0, 0.1) is 0 Å². The Balaban J connectivity index is 1.57. The van der Waals surface area contributed by atoms with E-state index in [-0.39, 0.29) is 5.91 Å². The summed E-state index contributed by atoms with van der Waals surface area (Å²) < 4.78 is 0. The van der Waals surface area contributed by atoms with Gasteiger partial charge in [-0.2, -0.15) is 0 Å². The molecule has 21 heavy (non-hydrogen) atoms. The van der Waals surface area contributed by atoms with Crippen LogP contribution in [0.15, 0.2) is 24.3 Å². The minimum absolute atomic E-state index is 0.0231. The van der Waals surface area contributed by atoms with Crippen LogP contribution < -0.4 is 10.6 Å². The molecular weight excluding hydrogens is 262 g/mol. The molecular formula is C17H25N3O. The number of nitrogens with zero attached hydrogens (tertiary/aromatic N) is 1. The minimum Gasteiger partial charge on any atom is -0.326 e. The molecule has 4 nitrogen and oxygen atoms in total. The van der Waals surface area contributed by atoms with Crippen LogP contribution in [0.2, 0.25) is 0 Å². The summed E-state index contributed by atoms with van der Waals surface area (Å²) in [5.74, 6) is -0.0231. The number of hydrogen-bond donors (Lipinski definition) is 2. The number of piperidine rings is 1. The van der Waals surface area contributed by atoms with Crippen molar-refractivity contribution in [1.82, 2.24) is 10.2 Å². The summed E-state index contributed by atoms with van der Waals surface area (Å²) in [5.41, 5.74) is 2.17. The molecule has 1 aromatic rings. The molecule has 2 fully saturated rings. The van der Waals surface area contributed by atoms with Gasteiger partial charge in [0.15, 0.2) is 0 Å². The second-order valence-electron chi connectivity index (χ2n) is 6.56. The van der Waals surface area contributed by atoms with Gasteiger partial charge in [-0.1, -0.05) is 12.1 Å². The predicted molar refractivity (Wildman–Crippen MR) is 85.2 cm³/mol. The topological polar surface area (TPSA) is 44.4 Å². The average Bonchev–Trinajstić information content (AvgIpc) is 2.79. The molecule has 0 aromatic heterocycles. The molecule has 0 aliphatic carbocycles. The van der Waals surface area contributed by atoms with Crippen LogP contribution >= 0.6 is 0 Å². The molecule has 1 amide bonds. The Kier molecular flexibility index (Phi) is 4.27. The standard InChI is InChI=1S/C17H25N3O/c1-12(21)18-14-5-3-13(4-6-14)11-20(2)17-9-15-7-8-16(10-17)19-15/h3-6,15-17,19H,7-11H2,1-2H3,(H,18,21). The number of fused-ring (bicyclic) bond motifs is 2. The molecule has 1 aromatic carbocycles. The highest BCUT2D eigenvalue weighted by molar-refractivity contribution is 5.88. The molecule has 0 spiro atoms. The first-order chi connectivity index (χ1) is 10.1. The Morgan fingerprint density at radius 2 is 1.86 bits per heavy atom. The Hall–Kier alpha value is -1.39. The van der Waals surface area contributed by atoms with E-state index in [9.17, 15) is 4.79 Å². The van der Waals surface area contributed by atoms with Gasteiger partial charge in [-0.3, -0.25) is 9.69 Å².